The summed E-state index contributed by atoms with van der Waals surface area (Å²) in [5.74, 6) is 0. The van der Waals surface area contributed by atoms with Crippen molar-refractivity contribution in [1.29, 1.82) is 0 Å². The van der Waals surface area contributed by atoms with Gasteiger partial charge in [-0.3, -0.25) is 4.90 Å². The standard InChI is InChI=1S/C17H27N3S/c1-8-9-13(2)18-16-11-10-15(20(6)7)12-17(16)21-14(3)19(4)5/h8-12,14,18H,2H2,1,3-7H3/b9-8-. The highest BCUT2D eigenvalue weighted by molar-refractivity contribution is 8.00. The predicted molar refractivity (Wildman–Crippen MR) is 97.4 cm³/mol. The Hall–Kier alpha value is -1.39. The van der Waals surface area contributed by atoms with E-state index in [0.29, 0.717) is 5.37 Å². The predicted octanol–water partition coefficient (Wildman–Crippen LogP) is 4.25. The van der Waals surface area contributed by atoms with Gasteiger partial charge in [0.15, 0.2) is 0 Å². The van der Waals surface area contributed by atoms with Gasteiger partial charge in [0, 0.05) is 30.4 Å². The average molecular weight is 305 g/mol. The van der Waals surface area contributed by atoms with Crippen molar-refractivity contribution in [2.45, 2.75) is 24.1 Å². The average Bonchev–Trinajstić information content (AvgIpc) is 2.40. The third kappa shape index (κ3) is 5.48. The van der Waals surface area contributed by atoms with Crippen molar-refractivity contribution in [3.63, 3.8) is 0 Å². The first kappa shape index (κ1) is 17.7. The summed E-state index contributed by atoms with van der Waals surface area (Å²) < 4.78 is 0. The van der Waals surface area contributed by atoms with Gasteiger partial charge in [0.05, 0.1) is 11.1 Å². The number of rotatable bonds is 7. The molecule has 3 nitrogen and oxygen atoms in total. The van der Waals surface area contributed by atoms with Crippen molar-refractivity contribution < 1.29 is 0 Å². The fraction of sp³-hybridized carbons (Fsp3) is 0.412. The zero-order chi connectivity index (χ0) is 16.0. The molecule has 21 heavy (non-hydrogen) atoms. The summed E-state index contributed by atoms with van der Waals surface area (Å²) in [6.45, 7) is 8.22. The Bertz CT molecular complexity index is 507. The Balaban J connectivity index is 3.07. The van der Waals surface area contributed by atoms with Crippen LogP contribution in [0.1, 0.15) is 13.8 Å². The number of nitrogens with one attached hydrogen (secondary N) is 1. The first-order chi connectivity index (χ1) is 9.85. The Kier molecular flexibility index (Phi) is 6.85. The fourth-order valence-electron chi connectivity index (χ4n) is 1.69. The normalized spacial score (nSPS) is 12.7. The summed E-state index contributed by atoms with van der Waals surface area (Å²) in [6, 6.07) is 6.46. The summed E-state index contributed by atoms with van der Waals surface area (Å²) >= 11 is 1.84. The minimum Gasteiger partial charge on any atom is -0.378 e. The highest BCUT2D eigenvalue weighted by atomic mass is 32.2. The Labute approximate surface area is 133 Å². The number of nitrogens with zero attached hydrogens (tertiary/aromatic N) is 2. The lowest BCUT2D eigenvalue weighted by Gasteiger charge is -2.23. The lowest BCUT2D eigenvalue weighted by atomic mass is 10.2. The molecule has 1 atom stereocenters. The first-order valence-corrected chi connectivity index (χ1v) is 7.96. The van der Waals surface area contributed by atoms with Gasteiger partial charge in [0.1, 0.15) is 0 Å². The molecule has 1 aromatic rings. The molecule has 1 unspecified atom stereocenters. The zero-order valence-electron chi connectivity index (χ0n) is 14.0. The quantitative estimate of drug-likeness (QED) is 0.461. The molecule has 0 amide bonds. The first-order valence-electron chi connectivity index (χ1n) is 7.08. The van der Waals surface area contributed by atoms with E-state index < -0.39 is 0 Å². The van der Waals surface area contributed by atoms with E-state index in [2.05, 4.69) is 75.0 Å². The molecule has 0 saturated heterocycles. The van der Waals surface area contributed by atoms with Gasteiger partial charge in [0.25, 0.3) is 0 Å². The molecule has 0 radical (unpaired) electrons. The molecule has 0 aromatic heterocycles. The molecule has 0 aliphatic rings. The van der Waals surface area contributed by atoms with Crippen molar-refractivity contribution in [1.82, 2.24) is 4.90 Å². The van der Waals surface area contributed by atoms with Gasteiger partial charge in [-0.1, -0.05) is 12.7 Å². The van der Waals surface area contributed by atoms with Crippen molar-refractivity contribution in [2.24, 2.45) is 0 Å². The van der Waals surface area contributed by atoms with Gasteiger partial charge >= 0.3 is 0 Å². The van der Waals surface area contributed by atoms with Crippen molar-refractivity contribution in [2.75, 3.05) is 38.4 Å². The van der Waals surface area contributed by atoms with Gasteiger partial charge in [0.2, 0.25) is 0 Å². The molecule has 1 N–H and O–H groups in total. The van der Waals surface area contributed by atoms with Crippen molar-refractivity contribution in [3.05, 3.63) is 42.6 Å². The van der Waals surface area contributed by atoms with Crippen LogP contribution in [0.3, 0.4) is 0 Å². The maximum absolute atomic E-state index is 4.02. The Morgan fingerprint density at radius 1 is 1.29 bits per heavy atom. The summed E-state index contributed by atoms with van der Waals surface area (Å²) in [7, 11) is 8.31. The highest BCUT2D eigenvalue weighted by Gasteiger charge is 2.12. The summed E-state index contributed by atoms with van der Waals surface area (Å²) in [4.78, 5) is 5.56. The van der Waals surface area contributed by atoms with Gasteiger partial charge < -0.3 is 10.2 Å². The van der Waals surface area contributed by atoms with E-state index in [9.17, 15) is 0 Å². The molecule has 1 rings (SSSR count). The van der Waals surface area contributed by atoms with E-state index in [1.54, 1.807) is 0 Å². The van der Waals surface area contributed by atoms with Crippen LogP contribution < -0.4 is 10.2 Å². The number of hydrogen-bond donors (Lipinski definition) is 1. The van der Waals surface area contributed by atoms with E-state index in [1.807, 2.05) is 30.8 Å². The molecule has 0 spiro atoms. The van der Waals surface area contributed by atoms with Crippen LogP contribution in [-0.2, 0) is 0 Å². The molecule has 0 fully saturated rings. The fourth-order valence-corrected chi connectivity index (χ4v) is 2.71. The third-order valence-electron chi connectivity index (χ3n) is 3.17. The highest BCUT2D eigenvalue weighted by Crippen LogP contribution is 2.34. The summed E-state index contributed by atoms with van der Waals surface area (Å²) in [6.07, 6.45) is 3.96. The number of benzene rings is 1. The van der Waals surface area contributed by atoms with Crippen LogP contribution >= 0.6 is 11.8 Å². The summed E-state index contributed by atoms with van der Waals surface area (Å²) in [5.41, 5.74) is 3.20. The maximum atomic E-state index is 4.02. The zero-order valence-corrected chi connectivity index (χ0v) is 14.8. The van der Waals surface area contributed by atoms with Crippen molar-refractivity contribution in [3.8, 4) is 0 Å². The second-order valence-corrected chi connectivity index (χ2v) is 6.76. The molecule has 0 aliphatic carbocycles. The van der Waals surface area contributed by atoms with Gasteiger partial charge in [-0.05, 0) is 52.2 Å². The molecular weight excluding hydrogens is 278 g/mol. The second kappa shape index (κ2) is 8.15. The number of anilines is 2. The maximum Gasteiger partial charge on any atom is 0.0571 e. The SMILES string of the molecule is C=C(/C=C\C)Nc1ccc(N(C)C)cc1SC(C)N(C)C. The monoisotopic (exact) mass is 305 g/mol. The largest absolute Gasteiger partial charge is 0.378 e. The van der Waals surface area contributed by atoms with Crippen LogP contribution in [-0.4, -0.2) is 38.5 Å². The number of allylic oxidation sites excluding steroid dienone is 2. The second-order valence-electron chi connectivity index (χ2n) is 5.41. The minimum absolute atomic E-state index is 0.401. The smallest absolute Gasteiger partial charge is 0.0571 e. The van der Waals surface area contributed by atoms with Crippen molar-refractivity contribution >= 4 is 23.1 Å². The van der Waals surface area contributed by atoms with E-state index in [-0.39, 0.29) is 0 Å². The van der Waals surface area contributed by atoms with Crippen LogP contribution in [0.2, 0.25) is 0 Å². The Morgan fingerprint density at radius 2 is 1.95 bits per heavy atom. The van der Waals surface area contributed by atoms with E-state index >= 15 is 0 Å². The van der Waals surface area contributed by atoms with Gasteiger partial charge in [-0.2, -0.15) is 0 Å². The topological polar surface area (TPSA) is 18.5 Å². The van der Waals surface area contributed by atoms with Gasteiger partial charge in [-0.15, -0.1) is 11.8 Å². The lowest BCUT2D eigenvalue weighted by molar-refractivity contribution is 0.402. The van der Waals surface area contributed by atoms with Gasteiger partial charge in [-0.25, -0.2) is 0 Å². The van der Waals surface area contributed by atoms with Crippen LogP contribution in [0.25, 0.3) is 0 Å². The van der Waals surface area contributed by atoms with E-state index in [4.69, 9.17) is 0 Å². The van der Waals surface area contributed by atoms with Crippen LogP contribution in [0.15, 0.2) is 47.5 Å². The van der Waals surface area contributed by atoms with Crippen LogP contribution in [0.4, 0.5) is 11.4 Å². The molecule has 116 valence electrons. The molecule has 0 bridgehead atoms. The summed E-state index contributed by atoms with van der Waals surface area (Å²) in [5, 5.41) is 3.78. The molecule has 0 heterocycles. The Morgan fingerprint density at radius 3 is 2.48 bits per heavy atom. The lowest BCUT2D eigenvalue weighted by Crippen LogP contribution is -2.21. The van der Waals surface area contributed by atoms with E-state index in [1.165, 1.54) is 10.6 Å². The third-order valence-corrected chi connectivity index (χ3v) is 4.52. The van der Waals surface area contributed by atoms with Crippen LogP contribution in [0.5, 0.6) is 0 Å². The molecule has 4 heteroatoms. The minimum atomic E-state index is 0.401. The molecular formula is C17H27N3S. The molecule has 0 aliphatic heterocycles. The number of thioether (sulfide) groups is 1. The molecule has 0 saturated carbocycles. The van der Waals surface area contributed by atoms with E-state index in [0.717, 1.165) is 11.4 Å². The number of hydrogen-bond acceptors (Lipinski definition) is 4. The van der Waals surface area contributed by atoms with Crippen LogP contribution in [0, 0.1) is 0 Å². The molecule has 1 aromatic carbocycles.